The molecule has 3 aliphatic rings. The van der Waals surface area contributed by atoms with Gasteiger partial charge in [-0.2, -0.15) is 15.1 Å². The molecule has 11 nitrogen and oxygen atoms in total. The first-order valence-corrected chi connectivity index (χ1v) is 27.7. The number of guanidine groups is 2. The predicted molar refractivity (Wildman–Crippen MR) is 283 cm³/mol. The highest BCUT2D eigenvalue weighted by molar-refractivity contribution is 8.12. The second kappa shape index (κ2) is 27.4. The van der Waals surface area contributed by atoms with Gasteiger partial charge in [-0.25, -0.2) is 4.99 Å². The molecule has 3 rings (SSSR count). The molecule has 0 aromatic rings. The molecule has 2 aliphatic carbocycles. The van der Waals surface area contributed by atoms with Crippen LogP contribution in [0.5, 0.6) is 0 Å². The quantitative estimate of drug-likeness (QED) is 0.0432. The van der Waals surface area contributed by atoms with Gasteiger partial charge in [-0.3, -0.25) is 15.0 Å². The lowest BCUT2D eigenvalue weighted by Crippen LogP contribution is -2.60. The summed E-state index contributed by atoms with van der Waals surface area (Å²) >= 11 is 0. The molecule has 1 saturated carbocycles. The van der Waals surface area contributed by atoms with E-state index in [1.54, 1.807) is 0 Å². The predicted octanol–water partition coefficient (Wildman–Crippen LogP) is 13.0. The standard InChI is InChI=1S/C53H102N8O3S/c1-17-22-28-39-59(43(6)42-53(13,14)61(51(9,10)21-5)64-45-32-26-25-27-33-45)48-55-47(54-44-31-30-34-46(36-35-44)65(16)62)57(15)49(56-48)58(38-24-19-3)40-37-52(11,12)60(50(7,8)20-4)63-41-29-23-18-2/h34-36,43-45,47,54,62H,16-33,37-42H2,1-15H3. The van der Waals surface area contributed by atoms with Crippen molar-refractivity contribution in [3.63, 3.8) is 0 Å². The molecule has 0 radical (unpaired) electrons. The number of allylic oxidation sites excluding steroid dienone is 2. The van der Waals surface area contributed by atoms with Gasteiger partial charge in [-0.05, 0) is 156 Å². The molecule has 1 aliphatic heterocycles. The van der Waals surface area contributed by atoms with Crippen LogP contribution in [0.25, 0.3) is 0 Å². The fourth-order valence-electron chi connectivity index (χ4n) is 9.89. The zero-order valence-electron chi connectivity index (χ0n) is 44.8. The Hall–Kier alpha value is -1.80. The molecule has 1 fully saturated rings. The Morgan fingerprint density at radius 2 is 1.45 bits per heavy atom. The third-order valence-corrected chi connectivity index (χ3v) is 15.3. The van der Waals surface area contributed by atoms with Gasteiger partial charge in [-0.15, -0.1) is 0 Å². The zero-order valence-corrected chi connectivity index (χ0v) is 45.6. The number of unbranched alkanes of at least 4 members (excludes halogenated alkanes) is 5. The molecule has 1 heterocycles. The lowest BCUT2D eigenvalue weighted by Gasteiger charge is -2.50. The number of hydrogen-bond acceptors (Lipinski definition) is 11. The fraction of sp³-hybridized carbons (Fsp3) is 0.868. The van der Waals surface area contributed by atoms with Crippen LogP contribution in [-0.4, -0.2) is 127 Å². The first-order chi connectivity index (χ1) is 30.7. The van der Waals surface area contributed by atoms with E-state index in [9.17, 15) is 4.55 Å². The van der Waals surface area contributed by atoms with E-state index in [1.165, 1.54) is 32.1 Å². The van der Waals surface area contributed by atoms with Crippen molar-refractivity contribution in [2.75, 3.05) is 33.3 Å². The van der Waals surface area contributed by atoms with E-state index < -0.39 is 10.8 Å². The molecule has 0 bridgehead atoms. The van der Waals surface area contributed by atoms with Crippen LogP contribution in [0.2, 0.25) is 0 Å². The van der Waals surface area contributed by atoms with Crippen LogP contribution in [0, 0.1) is 0 Å². The maximum atomic E-state index is 10.4. The van der Waals surface area contributed by atoms with Crippen LogP contribution >= 0.6 is 10.8 Å². The monoisotopic (exact) mass is 931 g/mol. The Balaban J connectivity index is 2.12. The summed E-state index contributed by atoms with van der Waals surface area (Å²) in [4.78, 5) is 33.3. The van der Waals surface area contributed by atoms with Gasteiger partial charge in [0.15, 0.2) is 6.29 Å². The second-order valence-electron chi connectivity index (χ2n) is 22.0. The van der Waals surface area contributed by atoms with Gasteiger partial charge >= 0.3 is 0 Å². The first kappa shape index (κ1) is 57.5. The first-order valence-electron chi connectivity index (χ1n) is 26.4. The molecule has 0 amide bonds. The number of nitrogens with zero attached hydrogens (tertiary/aromatic N) is 7. The normalized spacial score (nSPS) is 20.5. The average Bonchev–Trinajstić information content (AvgIpc) is 3.51. The van der Waals surface area contributed by atoms with Crippen molar-refractivity contribution in [2.45, 2.75) is 266 Å². The molecule has 12 heteroatoms. The minimum Gasteiger partial charge on any atom is -0.342 e. The Morgan fingerprint density at radius 1 is 0.815 bits per heavy atom. The van der Waals surface area contributed by atoms with Crippen LogP contribution < -0.4 is 5.32 Å². The lowest BCUT2D eigenvalue weighted by molar-refractivity contribution is -0.298. The van der Waals surface area contributed by atoms with E-state index in [4.69, 9.17) is 19.7 Å². The third-order valence-electron chi connectivity index (χ3n) is 14.4. The molecule has 0 spiro atoms. The maximum Gasteiger partial charge on any atom is 0.227 e. The summed E-state index contributed by atoms with van der Waals surface area (Å²) in [6.07, 6.45) is 26.9. The molecule has 4 unspecified atom stereocenters. The molecular formula is C53H102N8O3S. The van der Waals surface area contributed by atoms with Gasteiger partial charge in [-0.1, -0.05) is 98.1 Å². The van der Waals surface area contributed by atoms with Crippen molar-refractivity contribution in [1.29, 1.82) is 0 Å². The maximum absolute atomic E-state index is 10.4. The molecule has 4 atom stereocenters. The highest BCUT2D eigenvalue weighted by atomic mass is 32.2. The van der Waals surface area contributed by atoms with Crippen LogP contribution in [0.4, 0.5) is 0 Å². The van der Waals surface area contributed by atoms with Crippen molar-refractivity contribution in [3.05, 3.63) is 23.1 Å². The van der Waals surface area contributed by atoms with E-state index in [0.29, 0.717) is 0 Å². The van der Waals surface area contributed by atoms with Crippen molar-refractivity contribution >= 4 is 28.6 Å². The summed E-state index contributed by atoms with van der Waals surface area (Å²) < 4.78 is 10.4. The molecule has 0 saturated heterocycles. The van der Waals surface area contributed by atoms with E-state index in [2.05, 4.69) is 152 Å². The Morgan fingerprint density at radius 3 is 2.06 bits per heavy atom. The number of aliphatic imine (C=N–C) groups is 2. The Labute approximate surface area is 403 Å². The average molecular weight is 932 g/mol. The van der Waals surface area contributed by atoms with Crippen molar-refractivity contribution in [2.24, 2.45) is 9.98 Å². The van der Waals surface area contributed by atoms with Crippen LogP contribution in [0.15, 0.2) is 33.1 Å². The van der Waals surface area contributed by atoms with Crippen molar-refractivity contribution < 1.29 is 14.2 Å². The third kappa shape index (κ3) is 17.6. The van der Waals surface area contributed by atoms with Crippen molar-refractivity contribution in [1.82, 2.24) is 30.1 Å². The zero-order chi connectivity index (χ0) is 48.4. The molecule has 378 valence electrons. The van der Waals surface area contributed by atoms with Gasteiger partial charge in [0, 0.05) is 65.8 Å². The van der Waals surface area contributed by atoms with E-state index in [0.717, 1.165) is 133 Å². The SMILES string of the molecule is C=S(O)C1=CCCC(NC2N=C(N(CCCCC)C(C)CC(C)(C)N(OC3CCCCC3)C(C)(C)CC)N=C(N(CCCC)CCC(C)(C)N(OCCCCC)C(C)(C)CC)N2C)C=C1. The largest absolute Gasteiger partial charge is 0.342 e. The number of hydrogen-bond donors (Lipinski definition) is 2. The Kier molecular flexibility index (Phi) is 24.3. The molecule has 65 heavy (non-hydrogen) atoms. The minimum absolute atomic E-state index is 0.0634. The molecular weight excluding hydrogens is 829 g/mol. The number of rotatable bonds is 29. The second-order valence-corrected chi connectivity index (χ2v) is 23.2. The summed E-state index contributed by atoms with van der Waals surface area (Å²) in [6, 6.07) is 0.204. The van der Waals surface area contributed by atoms with Gasteiger partial charge in [0.2, 0.25) is 11.9 Å². The van der Waals surface area contributed by atoms with Gasteiger partial charge in [0.25, 0.3) is 0 Å². The van der Waals surface area contributed by atoms with Gasteiger partial charge in [0.05, 0.1) is 12.7 Å². The van der Waals surface area contributed by atoms with Crippen LogP contribution in [0.3, 0.4) is 0 Å². The smallest absolute Gasteiger partial charge is 0.227 e. The fourth-order valence-corrected chi connectivity index (χ4v) is 10.4. The van der Waals surface area contributed by atoms with Crippen molar-refractivity contribution in [3.8, 4) is 0 Å². The minimum atomic E-state index is -1.02. The van der Waals surface area contributed by atoms with Crippen LogP contribution in [0.1, 0.15) is 219 Å². The summed E-state index contributed by atoms with van der Waals surface area (Å²) in [6.45, 7) is 36.0. The lowest BCUT2D eigenvalue weighted by atomic mass is 9.88. The molecule has 0 aromatic heterocycles. The summed E-state index contributed by atoms with van der Waals surface area (Å²) in [5.41, 5.74) is -0.714. The van der Waals surface area contributed by atoms with Gasteiger partial charge in [0.1, 0.15) is 0 Å². The molecule has 0 aromatic carbocycles. The van der Waals surface area contributed by atoms with E-state index in [1.807, 2.05) is 6.08 Å². The number of nitrogens with one attached hydrogen (secondary N) is 1. The number of hydroxylamine groups is 4. The topological polar surface area (TPSA) is 91.6 Å². The van der Waals surface area contributed by atoms with E-state index >= 15 is 0 Å². The molecule has 2 N–H and O–H groups in total. The summed E-state index contributed by atoms with van der Waals surface area (Å²) in [5, 5.41) is 8.67. The van der Waals surface area contributed by atoms with Crippen LogP contribution in [-0.2, 0) is 9.68 Å². The van der Waals surface area contributed by atoms with Gasteiger partial charge < -0.3 is 19.3 Å². The van der Waals surface area contributed by atoms with E-state index in [-0.39, 0.29) is 46.6 Å². The summed E-state index contributed by atoms with van der Waals surface area (Å²) in [7, 11) is 1.14. The highest BCUT2D eigenvalue weighted by Gasteiger charge is 2.43. The summed E-state index contributed by atoms with van der Waals surface area (Å²) in [5.74, 6) is 5.70. The Bertz CT molecular complexity index is 1540. The highest BCUT2D eigenvalue weighted by Crippen LogP contribution is 2.37.